The molecule has 1 fully saturated rings. The molecule has 5 N–H and O–H groups in total. The van der Waals surface area contributed by atoms with Crippen molar-refractivity contribution in [2.24, 2.45) is 0 Å². The number of nitrogen functional groups attached to an aromatic ring is 2. The second-order valence-corrected chi connectivity index (χ2v) is 4.70. The molecule has 0 spiro atoms. The van der Waals surface area contributed by atoms with Gasteiger partial charge in [-0.15, -0.1) is 0 Å². The van der Waals surface area contributed by atoms with Gasteiger partial charge in [-0.05, 0) is 18.2 Å². The molecule has 2 rings (SSSR count). The van der Waals surface area contributed by atoms with Crippen LogP contribution in [0.4, 0.5) is 11.4 Å². The number of hydrogen-bond donors (Lipinski definition) is 3. The number of carbonyl (C=O) groups excluding carboxylic acids is 1. The number of aliphatic hydroxyl groups is 1. The van der Waals surface area contributed by atoms with Crippen LogP contribution in [0.5, 0.6) is 0 Å². The Morgan fingerprint density at radius 1 is 1.21 bits per heavy atom. The van der Waals surface area contributed by atoms with Crippen molar-refractivity contribution in [1.82, 2.24) is 9.80 Å². The molecule has 0 bridgehead atoms. The summed E-state index contributed by atoms with van der Waals surface area (Å²) in [6.07, 6.45) is 0. The molecule has 1 saturated heterocycles. The minimum Gasteiger partial charge on any atom is -0.399 e. The number of anilines is 2. The van der Waals surface area contributed by atoms with Crippen LogP contribution in [0, 0.1) is 0 Å². The number of nitrogens with zero attached hydrogens (tertiary/aromatic N) is 2. The Balaban J connectivity index is 2.01. The topological polar surface area (TPSA) is 95.8 Å². The molecule has 1 amide bonds. The summed E-state index contributed by atoms with van der Waals surface area (Å²) in [5.74, 6) is -0.0545. The van der Waals surface area contributed by atoms with Gasteiger partial charge in [0.2, 0.25) is 0 Å². The first-order valence-electron chi connectivity index (χ1n) is 6.39. The van der Waals surface area contributed by atoms with Crippen molar-refractivity contribution in [2.75, 3.05) is 50.8 Å². The maximum atomic E-state index is 12.3. The van der Waals surface area contributed by atoms with Gasteiger partial charge in [0.15, 0.2) is 0 Å². The lowest BCUT2D eigenvalue weighted by atomic mass is 10.1. The summed E-state index contributed by atoms with van der Waals surface area (Å²) in [6, 6.07) is 4.97. The highest BCUT2D eigenvalue weighted by atomic mass is 16.3. The molecule has 0 atom stereocenters. The number of β-amino-alcohol motifs (C(OH)–C–C–N with tert-alkyl or cyclic N) is 1. The van der Waals surface area contributed by atoms with Gasteiger partial charge in [0.25, 0.3) is 5.91 Å². The first kappa shape index (κ1) is 13.6. The van der Waals surface area contributed by atoms with Crippen molar-refractivity contribution in [2.45, 2.75) is 0 Å². The third-order valence-corrected chi connectivity index (χ3v) is 3.38. The average Bonchev–Trinajstić information content (AvgIpc) is 2.39. The number of carbonyl (C=O) groups is 1. The number of rotatable bonds is 3. The number of hydrogen-bond acceptors (Lipinski definition) is 5. The van der Waals surface area contributed by atoms with E-state index in [9.17, 15) is 4.79 Å². The van der Waals surface area contributed by atoms with E-state index in [4.69, 9.17) is 16.6 Å². The fourth-order valence-corrected chi connectivity index (χ4v) is 2.26. The van der Waals surface area contributed by atoms with Crippen LogP contribution in [-0.2, 0) is 0 Å². The van der Waals surface area contributed by atoms with Gasteiger partial charge in [0.05, 0.1) is 12.2 Å². The molecule has 1 aliphatic heterocycles. The Hall–Kier alpha value is -1.79. The molecule has 0 aromatic heterocycles. The molecule has 1 heterocycles. The Morgan fingerprint density at radius 3 is 2.47 bits per heavy atom. The quantitative estimate of drug-likeness (QED) is 0.646. The van der Waals surface area contributed by atoms with Gasteiger partial charge < -0.3 is 21.5 Å². The molecule has 0 saturated carbocycles. The fraction of sp³-hybridized carbons (Fsp3) is 0.462. The monoisotopic (exact) mass is 264 g/mol. The number of piperazine rings is 1. The molecular formula is C13H20N4O2. The van der Waals surface area contributed by atoms with E-state index in [-0.39, 0.29) is 12.5 Å². The van der Waals surface area contributed by atoms with E-state index in [1.54, 1.807) is 23.1 Å². The van der Waals surface area contributed by atoms with Crippen molar-refractivity contribution < 1.29 is 9.90 Å². The lowest BCUT2D eigenvalue weighted by Gasteiger charge is -2.34. The molecule has 6 heteroatoms. The first-order chi connectivity index (χ1) is 9.11. The molecule has 0 unspecified atom stereocenters. The molecule has 1 aromatic carbocycles. The maximum absolute atomic E-state index is 12.3. The molecule has 6 nitrogen and oxygen atoms in total. The summed E-state index contributed by atoms with van der Waals surface area (Å²) in [5.41, 5.74) is 12.9. The summed E-state index contributed by atoms with van der Waals surface area (Å²) >= 11 is 0. The highest BCUT2D eigenvalue weighted by molar-refractivity contribution is 5.99. The zero-order valence-electron chi connectivity index (χ0n) is 10.9. The molecule has 0 radical (unpaired) electrons. The summed E-state index contributed by atoms with van der Waals surface area (Å²) < 4.78 is 0. The second-order valence-electron chi connectivity index (χ2n) is 4.70. The van der Waals surface area contributed by atoms with E-state index in [1.165, 1.54) is 0 Å². The van der Waals surface area contributed by atoms with Crippen molar-refractivity contribution in [3.8, 4) is 0 Å². The van der Waals surface area contributed by atoms with Crippen LogP contribution in [0.2, 0.25) is 0 Å². The van der Waals surface area contributed by atoms with Crippen LogP contribution in [-0.4, -0.2) is 60.1 Å². The third kappa shape index (κ3) is 3.15. The molecule has 104 valence electrons. The molecule has 0 aliphatic carbocycles. The van der Waals surface area contributed by atoms with Crippen molar-refractivity contribution in [1.29, 1.82) is 0 Å². The van der Waals surface area contributed by atoms with Gasteiger partial charge in [-0.2, -0.15) is 0 Å². The van der Waals surface area contributed by atoms with Gasteiger partial charge >= 0.3 is 0 Å². The largest absolute Gasteiger partial charge is 0.399 e. The molecule has 19 heavy (non-hydrogen) atoms. The van der Waals surface area contributed by atoms with Crippen LogP contribution < -0.4 is 11.5 Å². The lowest BCUT2D eigenvalue weighted by molar-refractivity contribution is 0.0616. The lowest BCUT2D eigenvalue weighted by Crippen LogP contribution is -2.49. The van der Waals surface area contributed by atoms with Gasteiger partial charge in [-0.3, -0.25) is 9.69 Å². The Morgan fingerprint density at radius 2 is 1.89 bits per heavy atom. The van der Waals surface area contributed by atoms with E-state index >= 15 is 0 Å². The zero-order chi connectivity index (χ0) is 13.8. The molecule has 1 aliphatic rings. The van der Waals surface area contributed by atoms with Gasteiger partial charge in [0.1, 0.15) is 0 Å². The zero-order valence-corrected chi connectivity index (χ0v) is 10.9. The first-order valence-corrected chi connectivity index (χ1v) is 6.39. The predicted molar refractivity (Wildman–Crippen MR) is 74.7 cm³/mol. The van der Waals surface area contributed by atoms with E-state index in [1.807, 2.05) is 0 Å². The van der Waals surface area contributed by atoms with Crippen LogP contribution in [0.1, 0.15) is 10.4 Å². The smallest absolute Gasteiger partial charge is 0.256 e. The Labute approximate surface area is 112 Å². The van der Waals surface area contributed by atoms with Crippen molar-refractivity contribution in [3.63, 3.8) is 0 Å². The fourth-order valence-electron chi connectivity index (χ4n) is 2.26. The standard InChI is InChI=1S/C13H20N4O2/c14-10-1-2-11(12(15)9-10)13(19)17-5-3-16(4-6-17)7-8-18/h1-2,9,18H,3-8,14-15H2. The molecular weight excluding hydrogens is 244 g/mol. The highest BCUT2D eigenvalue weighted by Gasteiger charge is 2.22. The van der Waals surface area contributed by atoms with Gasteiger partial charge in [-0.1, -0.05) is 0 Å². The molecule has 1 aromatic rings. The second kappa shape index (κ2) is 5.90. The minimum absolute atomic E-state index is 0.0545. The van der Waals surface area contributed by atoms with Crippen LogP contribution in [0.3, 0.4) is 0 Å². The van der Waals surface area contributed by atoms with E-state index in [0.717, 1.165) is 13.1 Å². The van der Waals surface area contributed by atoms with Crippen LogP contribution in [0.25, 0.3) is 0 Å². The maximum Gasteiger partial charge on any atom is 0.256 e. The summed E-state index contributed by atoms with van der Waals surface area (Å²) in [4.78, 5) is 16.3. The summed E-state index contributed by atoms with van der Waals surface area (Å²) in [6.45, 7) is 3.68. The minimum atomic E-state index is -0.0545. The van der Waals surface area contributed by atoms with E-state index in [2.05, 4.69) is 4.90 Å². The van der Waals surface area contributed by atoms with Crippen LogP contribution >= 0.6 is 0 Å². The van der Waals surface area contributed by atoms with E-state index < -0.39 is 0 Å². The van der Waals surface area contributed by atoms with Crippen LogP contribution in [0.15, 0.2) is 18.2 Å². The van der Waals surface area contributed by atoms with Gasteiger partial charge in [-0.25, -0.2) is 0 Å². The van der Waals surface area contributed by atoms with E-state index in [0.29, 0.717) is 36.6 Å². The SMILES string of the molecule is Nc1ccc(C(=O)N2CCN(CCO)CC2)c(N)c1. The normalized spacial score (nSPS) is 16.6. The number of aliphatic hydroxyl groups excluding tert-OH is 1. The predicted octanol–water partition coefficient (Wildman–Crippen LogP) is -0.399. The number of benzene rings is 1. The number of nitrogens with two attached hydrogens (primary N) is 2. The van der Waals surface area contributed by atoms with Gasteiger partial charge in [0, 0.05) is 44.1 Å². The summed E-state index contributed by atoms with van der Waals surface area (Å²) in [7, 11) is 0. The highest BCUT2D eigenvalue weighted by Crippen LogP contribution is 2.18. The Kier molecular flexibility index (Phi) is 4.24. The summed E-state index contributed by atoms with van der Waals surface area (Å²) in [5, 5.41) is 8.88. The Bertz CT molecular complexity index is 456. The van der Waals surface area contributed by atoms with Crippen molar-refractivity contribution in [3.05, 3.63) is 23.8 Å². The number of amides is 1. The average molecular weight is 264 g/mol. The third-order valence-electron chi connectivity index (χ3n) is 3.38. The van der Waals surface area contributed by atoms with Crippen molar-refractivity contribution >= 4 is 17.3 Å².